The highest BCUT2D eigenvalue weighted by Crippen LogP contribution is 2.43. The second-order valence-electron chi connectivity index (χ2n) is 13.9. The lowest BCUT2D eigenvalue weighted by Gasteiger charge is -2.19. The van der Waals surface area contributed by atoms with Crippen molar-refractivity contribution >= 4 is 19.8 Å². The summed E-state index contributed by atoms with van der Waals surface area (Å²) in [6.07, 6.45) is 36.7. The first-order valence-electron chi connectivity index (χ1n) is 20.7. The predicted octanol–water partition coefficient (Wildman–Crippen LogP) is 11.4. The minimum absolute atomic E-state index is 0.0546. The zero-order chi connectivity index (χ0) is 36.8. The van der Waals surface area contributed by atoms with Crippen LogP contribution in [0.3, 0.4) is 0 Å². The summed E-state index contributed by atoms with van der Waals surface area (Å²) in [6.45, 7) is 3.71. The molecular formula is C40H78NO8P. The van der Waals surface area contributed by atoms with Crippen molar-refractivity contribution in [1.82, 2.24) is 0 Å². The minimum atomic E-state index is -4.37. The topological polar surface area (TPSA) is 134 Å². The first kappa shape index (κ1) is 48.8. The molecule has 0 spiro atoms. The Bertz CT molecular complexity index is 840. The second-order valence-corrected chi connectivity index (χ2v) is 15.3. The molecule has 0 fully saturated rings. The van der Waals surface area contributed by atoms with Crippen molar-refractivity contribution in [3.63, 3.8) is 0 Å². The molecule has 0 aliphatic heterocycles. The fraction of sp³-hybridized carbons (Fsp3) is 0.900. The van der Waals surface area contributed by atoms with Crippen LogP contribution in [0.4, 0.5) is 0 Å². The number of hydrogen-bond acceptors (Lipinski definition) is 8. The lowest BCUT2D eigenvalue weighted by atomic mass is 10.0. The lowest BCUT2D eigenvalue weighted by Crippen LogP contribution is -2.29. The van der Waals surface area contributed by atoms with Crippen LogP contribution in [0.1, 0.15) is 200 Å². The van der Waals surface area contributed by atoms with Gasteiger partial charge in [-0.1, -0.05) is 161 Å². The third-order valence-corrected chi connectivity index (χ3v) is 9.89. The van der Waals surface area contributed by atoms with Gasteiger partial charge < -0.3 is 20.1 Å². The van der Waals surface area contributed by atoms with Gasteiger partial charge in [0.1, 0.15) is 6.61 Å². The van der Waals surface area contributed by atoms with Crippen LogP contribution in [0.5, 0.6) is 0 Å². The molecule has 0 saturated heterocycles. The van der Waals surface area contributed by atoms with E-state index in [4.69, 9.17) is 24.3 Å². The molecule has 0 aromatic rings. The molecule has 2 unspecified atom stereocenters. The summed E-state index contributed by atoms with van der Waals surface area (Å²) in [4.78, 5) is 34.7. The lowest BCUT2D eigenvalue weighted by molar-refractivity contribution is -0.161. The number of rotatable bonds is 39. The van der Waals surface area contributed by atoms with Crippen LogP contribution in [-0.4, -0.2) is 49.3 Å². The maximum atomic E-state index is 12.5. The Balaban J connectivity index is 4.12. The largest absolute Gasteiger partial charge is 0.472 e. The maximum Gasteiger partial charge on any atom is 0.472 e. The van der Waals surface area contributed by atoms with Crippen LogP contribution in [0, 0.1) is 0 Å². The number of phosphoric ester groups is 1. The maximum absolute atomic E-state index is 12.5. The number of allylic oxidation sites excluding steroid dienone is 2. The molecule has 0 aliphatic carbocycles. The molecule has 0 amide bonds. The van der Waals surface area contributed by atoms with E-state index in [9.17, 15) is 19.0 Å². The second kappa shape index (κ2) is 37.5. The van der Waals surface area contributed by atoms with Crippen LogP contribution >= 0.6 is 7.82 Å². The molecule has 0 aromatic carbocycles. The number of hydrogen-bond donors (Lipinski definition) is 2. The monoisotopic (exact) mass is 732 g/mol. The Morgan fingerprint density at radius 2 is 0.980 bits per heavy atom. The smallest absolute Gasteiger partial charge is 0.462 e. The van der Waals surface area contributed by atoms with Crippen LogP contribution in [-0.2, 0) is 32.7 Å². The standard InChI is InChI=1S/C40H78NO8P/c1-3-5-7-9-11-13-15-17-18-19-20-21-23-24-26-28-30-32-39(42)46-36-38(37-48-50(44,45)47-35-34-41)49-40(43)33-31-29-27-25-22-16-14-12-10-8-6-4-2/h12,14,38H,3-11,13,15-37,41H2,1-2H3,(H,44,45)/b14-12-. The highest BCUT2D eigenvalue weighted by molar-refractivity contribution is 7.47. The normalized spacial score (nSPS) is 13.4. The number of ether oxygens (including phenoxy) is 2. The van der Waals surface area contributed by atoms with Gasteiger partial charge in [-0.2, -0.15) is 0 Å². The summed E-state index contributed by atoms with van der Waals surface area (Å²) < 4.78 is 32.7. The van der Waals surface area contributed by atoms with Crippen molar-refractivity contribution in [2.24, 2.45) is 5.73 Å². The predicted molar refractivity (Wildman–Crippen MR) is 206 cm³/mol. The zero-order valence-corrected chi connectivity index (χ0v) is 33.3. The van der Waals surface area contributed by atoms with E-state index in [1.165, 1.54) is 109 Å². The molecular weight excluding hydrogens is 653 g/mol. The third-order valence-electron chi connectivity index (χ3n) is 8.90. The summed E-state index contributed by atoms with van der Waals surface area (Å²) >= 11 is 0. The van der Waals surface area contributed by atoms with Crippen molar-refractivity contribution in [1.29, 1.82) is 0 Å². The third kappa shape index (κ3) is 36.5. The van der Waals surface area contributed by atoms with Crippen molar-refractivity contribution in [3.8, 4) is 0 Å². The fourth-order valence-corrected chi connectivity index (χ4v) is 6.57. The van der Waals surface area contributed by atoms with Gasteiger partial charge in [-0.25, -0.2) is 4.57 Å². The van der Waals surface area contributed by atoms with Gasteiger partial charge in [0.2, 0.25) is 0 Å². The molecule has 0 bridgehead atoms. The molecule has 50 heavy (non-hydrogen) atoms. The molecule has 0 heterocycles. The first-order chi connectivity index (χ1) is 24.3. The number of phosphoric acid groups is 1. The average Bonchev–Trinajstić information content (AvgIpc) is 3.10. The molecule has 296 valence electrons. The Labute approximate surface area is 307 Å². The Morgan fingerprint density at radius 3 is 1.46 bits per heavy atom. The Morgan fingerprint density at radius 1 is 0.580 bits per heavy atom. The van der Waals surface area contributed by atoms with Crippen molar-refractivity contribution < 1.29 is 37.6 Å². The van der Waals surface area contributed by atoms with E-state index in [2.05, 4.69) is 26.0 Å². The molecule has 0 aliphatic rings. The molecule has 0 radical (unpaired) electrons. The van der Waals surface area contributed by atoms with Gasteiger partial charge in [0.15, 0.2) is 6.10 Å². The van der Waals surface area contributed by atoms with Gasteiger partial charge in [-0.3, -0.25) is 18.6 Å². The fourth-order valence-electron chi connectivity index (χ4n) is 5.81. The summed E-state index contributed by atoms with van der Waals surface area (Å²) in [5, 5.41) is 0. The van der Waals surface area contributed by atoms with E-state index >= 15 is 0 Å². The van der Waals surface area contributed by atoms with E-state index in [0.717, 1.165) is 57.8 Å². The van der Waals surface area contributed by atoms with Crippen molar-refractivity contribution in [3.05, 3.63) is 12.2 Å². The number of unbranched alkanes of at least 4 members (excludes halogenated alkanes) is 24. The zero-order valence-electron chi connectivity index (χ0n) is 32.4. The van der Waals surface area contributed by atoms with Crippen LogP contribution in [0.25, 0.3) is 0 Å². The molecule has 0 saturated carbocycles. The van der Waals surface area contributed by atoms with E-state index in [1.807, 2.05) is 0 Å². The van der Waals surface area contributed by atoms with Crippen molar-refractivity contribution in [2.75, 3.05) is 26.4 Å². The van der Waals surface area contributed by atoms with Crippen LogP contribution in [0.15, 0.2) is 12.2 Å². The number of carbonyl (C=O) groups is 2. The highest BCUT2D eigenvalue weighted by atomic mass is 31.2. The summed E-state index contributed by atoms with van der Waals surface area (Å²) in [7, 11) is -4.37. The van der Waals surface area contributed by atoms with Crippen LogP contribution < -0.4 is 5.73 Å². The summed E-state index contributed by atoms with van der Waals surface area (Å²) in [5.74, 6) is -0.831. The number of carbonyl (C=O) groups excluding carboxylic acids is 2. The Hall–Kier alpha value is -1.25. The average molecular weight is 732 g/mol. The minimum Gasteiger partial charge on any atom is -0.462 e. The van der Waals surface area contributed by atoms with E-state index < -0.39 is 26.5 Å². The number of esters is 2. The van der Waals surface area contributed by atoms with E-state index in [-0.39, 0.29) is 38.6 Å². The van der Waals surface area contributed by atoms with Crippen molar-refractivity contribution in [2.45, 2.75) is 206 Å². The van der Waals surface area contributed by atoms with Gasteiger partial charge in [0.05, 0.1) is 13.2 Å². The molecule has 0 rings (SSSR count). The number of nitrogens with two attached hydrogens (primary N) is 1. The van der Waals surface area contributed by atoms with Gasteiger partial charge in [-0.15, -0.1) is 0 Å². The first-order valence-corrected chi connectivity index (χ1v) is 22.2. The summed E-state index contributed by atoms with van der Waals surface area (Å²) in [5.41, 5.74) is 5.34. The highest BCUT2D eigenvalue weighted by Gasteiger charge is 2.26. The van der Waals surface area contributed by atoms with E-state index in [0.29, 0.717) is 6.42 Å². The van der Waals surface area contributed by atoms with Gasteiger partial charge in [-0.05, 0) is 38.5 Å². The molecule has 10 heteroatoms. The van der Waals surface area contributed by atoms with Crippen LogP contribution in [0.2, 0.25) is 0 Å². The molecule has 9 nitrogen and oxygen atoms in total. The Kier molecular flexibility index (Phi) is 36.6. The molecule has 3 N–H and O–H groups in total. The van der Waals surface area contributed by atoms with Gasteiger partial charge in [0, 0.05) is 19.4 Å². The van der Waals surface area contributed by atoms with Gasteiger partial charge in [0.25, 0.3) is 0 Å². The molecule has 0 aromatic heterocycles. The van der Waals surface area contributed by atoms with E-state index in [1.54, 1.807) is 0 Å². The SMILES string of the molecule is CCCCC/C=C\CCCCCCCC(=O)OC(COC(=O)CCCCCCCCCCCCCCCCCCC)COP(=O)(O)OCCN. The van der Waals surface area contributed by atoms with Gasteiger partial charge >= 0.3 is 19.8 Å². The quantitative estimate of drug-likeness (QED) is 0.0274. The molecule has 2 atom stereocenters. The summed E-state index contributed by atoms with van der Waals surface area (Å²) in [6, 6.07) is 0.